The highest BCUT2D eigenvalue weighted by molar-refractivity contribution is 7.98. The molecule has 0 saturated heterocycles. The zero-order valence-corrected chi connectivity index (χ0v) is 15.7. The van der Waals surface area contributed by atoms with Gasteiger partial charge in [0.1, 0.15) is 5.75 Å². The van der Waals surface area contributed by atoms with E-state index in [2.05, 4.69) is 5.32 Å². The van der Waals surface area contributed by atoms with Crippen molar-refractivity contribution < 1.29 is 9.53 Å². The zero-order valence-electron chi connectivity index (χ0n) is 14.8. The molecule has 0 unspecified atom stereocenters. The molecule has 0 fully saturated rings. The van der Waals surface area contributed by atoms with Crippen LogP contribution in [0.15, 0.2) is 41.3 Å². The van der Waals surface area contributed by atoms with Gasteiger partial charge in [-0.3, -0.25) is 0 Å². The number of thioether (sulfide) groups is 1. The van der Waals surface area contributed by atoms with Crippen LogP contribution in [0, 0.1) is 13.8 Å². The van der Waals surface area contributed by atoms with E-state index in [1.807, 2.05) is 56.5 Å². The van der Waals surface area contributed by atoms with Crippen molar-refractivity contribution in [3.05, 3.63) is 53.1 Å². The molecule has 0 bridgehead atoms. The second-order valence-electron chi connectivity index (χ2n) is 5.74. The third-order valence-corrected chi connectivity index (χ3v) is 4.70. The van der Waals surface area contributed by atoms with Crippen molar-refractivity contribution in [1.82, 2.24) is 4.90 Å². The molecule has 2 aromatic rings. The minimum Gasteiger partial charge on any atom is -0.496 e. The Kier molecular flexibility index (Phi) is 6.15. The number of carbonyl (C=O) groups excluding carboxylic acids is 1. The van der Waals surface area contributed by atoms with Gasteiger partial charge in [-0.2, -0.15) is 0 Å². The molecular formula is C19H24N2O2S. The van der Waals surface area contributed by atoms with Crippen LogP contribution >= 0.6 is 11.8 Å². The number of hydrogen-bond acceptors (Lipinski definition) is 3. The number of ether oxygens (including phenoxy) is 1. The Morgan fingerprint density at radius 3 is 2.46 bits per heavy atom. The van der Waals surface area contributed by atoms with E-state index in [-0.39, 0.29) is 6.03 Å². The molecular weight excluding hydrogens is 320 g/mol. The Hall–Kier alpha value is -2.14. The van der Waals surface area contributed by atoms with E-state index in [9.17, 15) is 4.79 Å². The van der Waals surface area contributed by atoms with Crippen molar-refractivity contribution in [2.24, 2.45) is 0 Å². The first kappa shape index (κ1) is 18.2. The number of anilines is 1. The van der Waals surface area contributed by atoms with Gasteiger partial charge in [-0.1, -0.05) is 24.3 Å². The van der Waals surface area contributed by atoms with Crippen LogP contribution in [-0.4, -0.2) is 31.3 Å². The van der Waals surface area contributed by atoms with Crippen molar-refractivity contribution in [2.75, 3.05) is 25.7 Å². The Morgan fingerprint density at radius 2 is 1.88 bits per heavy atom. The molecule has 2 amide bonds. The third-order valence-electron chi connectivity index (χ3n) is 3.93. The first-order chi connectivity index (χ1) is 11.5. The second kappa shape index (κ2) is 8.11. The van der Waals surface area contributed by atoms with E-state index in [4.69, 9.17) is 4.74 Å². The number of rotatable bonds is 5. The van der Waals surface area contributed by atoms with Crippen LogP contribution < -0.4 is 10.1 Å². The largest absolute Gasteiger partial charge is 0.496 e. The van der Waals surface area contributed by atoms with Crippen molar-refractivity contribution in [1.29, 1.82) is 0 Å². The molecule has 0 aliphatic rings. The van der Waals surface area contributed by atoms with Gasteiger partial charge in [0.05, 0.1) is 7.11 Å². The summed E-state index contributed by atoms with van der Waals surface area (Å²) >= 11 is 1.64. The number of nitrogens with zero attached hydrogens (tertiary/aromatic N) is 1. The molecule has 5 heteroatoms. The predicted molar refractivity (Wildman–Crippen MR) is 101 cm³/mol. The van der Waals surface area contributed by atoms with Gasteiger partial charge < -0.3 is 15.0 Å². The quantitative estimate of drug-likeness (QED) is 0.800. The fourth-order valence-corrected chi connectivity index (χ4v) is 3.09. The maximum atomic E-state index is 12.5. The second-order valence-corrected chi connectivity index (χ2v) is 6.59. The molecule has 0 radical (unpaired) electrons. The SMILES string of the molecule is COc1cc(CN(C)C(=O)Nc2c(C)cccc2C)ccc1SC. The molecule has 2 rings (SSSR count). The Labute approximate surface area is 148 Å². The predicted octanol–water partition coefficient (Wildman–Crippen LogP) is 4.70. The van der Waals surface area contributed by atoms with Crippen LogP contribution in [0.1, 0.15) is 16.7 Å². The maximum absolute atomic E-state index is 12.5. The average Bonchev–Trinajstić information content (AvgIpc) is 2.57. The molecule has 0 saturated carbocycles. The first-order valence-corrected chi connectivity index (χ1v) is 8.98. The molecule has 0 heterocycles. The van der Waals surface area contributed by atoms with Crippen molar-refractivity contribution in [3.63, 3.8) is 0 Å². The molecule has 24 heavy (non-hydrogen) atoms. The topological polar surface area (TPSA) is 41.6 Å². The number of para-hydroxylation sites is 1. The van der Waals surface area contributed by atoms with Gasteiger partial charge >= 0.3 is 6.03 Å². The van der Waals surface area contributed by atoms with Gasteiger partial charge in [-0.05, 0) is 48.9 Å². The highest BCUT2D eigenvalue weighted by Crippen LogP contribution is 2.28. The summed E-state index contributed by atoms with van der Waals surface area (Å²) in [5.74, 6) is 0.837. The van der Waals surface area contributed by atoms with Gasteiger partial charge in [0.25, 0.3) is 0 Å². The van der Waals surface area contributed by atoms with E-state index in [1.54, 1.807) is 30.8 Å². The van der Waals surface area contributed by atoms with Crippen molar-refractivity contribution in [2.45, 2.75) is 25.3 Å². The Morgan fingerprint density at radius 1 is 1.21 bits per heavy atom. The molecule has 1 N–H and O–H groups in total. The maximum Gasteiger partial charge on any atom is 0.321 e. The molecule has 4 nitrogen and oxygen atoms in total. The number of benzene rings is 2. The smallest absolute Gasteiger partial charge is 0.321 e. The van der Waals surface area contributed by atoms with E-state index in [1.165, 1.54) is 0 Å². The number of carbonyl (C=O) groups is 1. The number of methoxy groups -OCH3 is 1. The average molecular weight is 344 g/mol. The normalized spacial score (nSPS) is 10.4. The lowest BCUT2D eigenvalue weighted by Gasteiger charge is -2.20. The van der Waals surface area contributed by atoms with Crippen molar-refractivity contribution in [3.8, 4) is 5.75 Å². The fraction of sp³-hybridized carbons (Fsp3) is 0.316. The minimum absolute atomic E-state index is 0.125. The molecule has 128 valence electrons. The standard InChI is InChI=1S/C19H24N2O2S/c1-13-7-6-8-14(2)18(13)20-19(22)21(3)12-15-9-10-17(24-5)16(11-15)23-4/h6-11H,12H2,1-5H3,(H,20,22). The molecule has 0 atom stereocenters. The number of amides is 2. The summed E-state index contributed by atoms with van der Waals surface area (Å²) in [4.78, 5) is 15.2. The van der Waals surface area contributed by atoms with Gasteiger partial charge in [0, 0.05) is 24.2 Å². The molecule has 0 aliphatic heterocycles. The lowest BCUT2D eigenvalue weighted by Crippen LogP contribution is -2.31. The van der Waals surface area contributed by atoms with Gasteiger partial charge in [0.15, 0.2) is 0 Å². The summed E-state index contributed by atoms with van der Waals surface area (Å²) in [5.41, 5.74) is 4.03. The van der Waals surface area contributed by atoms with Crippen LogP contribution in [0.25, 0.3) is 0 Å². The molecule has 0 aromatic heterocycles. The van der Waals surface area contributed by atoms with Gasteiger partial charge in [-0.15, -0.1) is 11.8 Å². The van der Waals surface area contributed by atoms with E-state index < -0.39 is 0 Å². The molecule has 2 aromatic carbocycles. The van der Waals surface area contributed by atoms with Crippen LogP contribution in [-0.2, 0) is 6.54 Å². The van der Waals surface area contributed by atoms with E-state index in [0.717, 1.165) is 33.0 Å². The number of nitrogens with one attached hydrogen (secondary N) is 1. The van der Waals surface area contributed by atoms with E-state index in [0.29, 0.717) is 6.54 Å². The lowest BCUT2D eigenvalue weighted by atomic mass is 10.1. The fourth-order valence-electron chi connectivity index (χ4n) is 2.54. The summed E-state index contributed by atoms with van der Waals surface area (Å²) in [6.07, 6.45) is 2.02. The van der Waals surface area contributed by atoms with Crippen LogP contribution in [0.2, 0.25) is 0 Å². The number of hydrogen-bond donors (Lipinski definition) is 1. The van der Waals surface area contributed by atoms with E-state index >= 15 is 0 Å². The van der Waals surface area contributed by atoms with Crippen LogP contribution in [0.3, 0.4) is 0 Å². The number of aryl methyl sites for hydroxylation is 2. The van der Waals surface area contributed by atoms with Gasteiger partial charge in [0.2, 0.25) is 0 Å². The summed E-state index contributed by atoms with van der Waals surface area (Å²) in [7, 11) is 3.45. The zero-order chi connectivity index (χ0) is 17.7. The summed E-state index contributed by atoms with van der Waals surface area (Å²) < 4.78 is 5.41. The Bertz CT molecular complexity index is 711. The van der Waals surface area contributed by atoms with Gasteiger partial charge in [-0.25, -0.2) is 4.79 Å². The first-order valence-electron chi connectivity index (χ1n) is 7.75. The van der Waals surface area contributed by atoms with Crippen molar-refractivity contribution >= 4 is 23.5 Å². The highest BCUT2D eigenvalue weighted by atomic mass is 32.2. The van der Waals surface area contributed by atoms with Crippen LogP contribution in [0.5, 0.6) is 5.75 Å². The minimum atomic E-state index is -0.125. The highest BCUT2D eigenvalue weighted by Gasteiger charge is 2.13. The Balaban J connectivity index is 2.09. The summed E-state index contributed by atoms with van der Waals surface area (Å²) in [6.45, 7) is 4.50. The summed E-state index contributed by atoms with van der Waals surface area (Å²) in [6, 6.07) is 11.9. The van der Waals surface area contributed by atoms with Crippen LogP contribution in [0.4, 0.5) is 10.5 Å². The monoisotopic (exact) mass is 344 g/mol. The third kappa shape index (κ3) is 4.23. The molecule has 0 spiro atoms. The lowest BCUT2D eigenvalue weighted by molar-refractivity contribution is 0.220. The summed E-state index contributed by atoms with van der Waals surface area (Å²) in [5, 5.41) is 3.00. The molecule has 0 aliphatic carbocycles. The number of urea groups is 1.